The van der Waals surface area contributed by atoms with Gasteiger partial charge >= 0.3 is 0 Å². The number of likely N-dealkylation sites (N-methyl/N-ethyl adjacent to an activating group) is 1. The summed E-state index contributed by atoms with van der Waals surface area (Å²) in [6, 6.07) is 26.9. The fraction of sp³-hybridized carbons (Fsp3) is 0.333. The maximum atomic E-state index is 11.6. The molecule has 1 aliphatic carbocycles. The number of pyridine rings is 1. The van der Waals surface area contributed by atoms with Gasteiger partial charge in [0.05, 0.1) is 20.7 Å². The van der Waals surface area contributed by atoms with Gasteiger partial charge in [-0.1, -0.05) is 42.5 Å². The zero-order valence-corrected chi connectivity index (χ0v) is 26.5. The average molecular weight is 644 g/mol. The number of hydrogen-bond acceptors (Lipinski definition) is 5. The summed E-state index contributed by atoms with van der Waals surface area (Å²) >= 11 is 0. The van der Waals surface area contributed by atoms with Crippen LogP contribution in [0.1, 0.15) is 59.4 Å². The van der Waals surface area contributed by atoms with Crippen LogP contribution in [0.25, 0.3) is 0 Å². The van der Waals surface area contributed by atoms with E-state index in [1.54, 1.807) is 7.11 Å². The molecule has 1 saturated carbocycles. The minimum atomic E-state index is 0. The van der Waals surface area contributed by atoms with Gasteiger partial charge in [-0.3, -0.25) is 4.79 Å². The predicted molar refractivity (Wildman–Crippen MR) is 163 cm³/mol. The molecule has 43 heavy (non-hydrogen) atoms. The highest BCUT2D eigenvalue weighted by Crippen LogP contribution is 2.36. The van der Waals surface area contributed by atoms with E-state index in [4.69, 9.17) is 14.2 Å². The summed E-state index contributed by atoms with van der Waals surface area (Å²) in [5.74, 6) is 3.81. The Balaban J connectivity index is 0.00000368. The van der Waals surface area contributed by atoms with Crippen LogP contribution in [0.4, 0.5) is 0 Å². The van der Waals surface area contributed by atoms with Crippen molar-refractivity contribution in [2.24, 2.45) is 0 Å². The quantitative estimate of drug-likeness (QED) is 0.254. The summed E-state index contributed by atoms with van der Waals surface area (Å²) in [5, 5.41) is 0. The van der Waals surface area contributed by atoms with Crippen molar-refractivity contribution in [1.29, 1.82) is 0 Å². The van der Waals surface area contributed by atoms with Crippen LogP contribution in [-0.4, -0.2) is 36.0 Å². The van der Waals surface area contributed by atoms with Crippen LogP contribution in [0.15, 0.2) is 85.1 Å². The monoisotopic (exact) mass is 642 g/mol. The van der Waals surface area contributed by atoms with E-state index >= 15 is 0 Å². The molecule has 4 aromatic rings. The van der Waals surface area contributed by atoms with Crippen molar-refractivity contribution in [2.45, 2.75) is 57.7 Å². The van der Waals surface area contributed by atoms with Crippen LogP contribution in [-0.2, 0) is 30.9 Å². The fourth-order valence-electron chi connectivity index (χ4n) is 6.25. The van der Waals surface area contributed by atoms with Gasteiger partial charge in [0, 0.05) is 42.7 Å². The van der Waals surface area contributed by atoms with E-state index in [1.807, 2.05) is 42.6 Å². The number of methoxy groups -OCH3 is 1. The summed E-state index contributed by atoms with van der Waals surface area (Å²) in [7, 11) is 4.02. The number of Topliss-reactive ketones (excluding diaryl/α,β-unsaturated/α-hetero) is 1. The van der Waals surface area contributed by atoms with E-state index < -0.39 is 0 Å². The van der Waals surface area contributed by atoms with Gasteiger partial charge in [0.15, 0.2) is 11.5 Å². The second-order valence-corrected chi connectivity index (χ2v) is 11.9. The van der Waals surface area contributed by atoms with Crippen LogP contribution in [0.3, 0.4) is 0 Å². The Morgan fingerprint density at radius 2 is 1.60 bits per heavy atom. The molecule has 0 bridgehead atoms. The Morgan fingerprint density at radius 1 is 0.860 bits per heavy atom. The van der Waals surface area contributed by atoms with Crippen LogP contribution in [0, 0.1) is 0 Å². The van der Waals surface area contributed by atoms with Gasteiger partial charge in [-0.15, -0.1) is 0 Å². The van der Waals surface area contributed by atoms with Crippen LogP contribution in [0.5, 0.6) is 23.1 Å². The lowest BCUT2D eigenvalue weighted by Crippen LogP contribution is -3.00. The molecular formula is C36H39BrN2O4. The van der Waals surface area contributed by atoms with Gasteiger partial charge < -0.3 is 35.7 Å². The smallest absolute Gasteiger partial charge is 0.219 e. The number of halogens is 1. The molecule has 1 fully saturated rings. The number of ether oxygens (including phenoxy) is 3. The molecule has 1 unspecified atom stereocenters. The Morgan fingerprint density at radius 3 is 2.30 bits per heavy atom. The van der Waals surface area contributed by atoms with Gasteiger partial charge in [0.25, 0.3) is 0 Å². The molecule has 1 atom stereocenters. The normalized spacial score (nSPS) is 18.3. The van der Waals surface area contributed by atoms with Gasteiger partial charge in [-0.05, 0) is 65.8 Å². The number of carbonyl (C=O) groups excluding carboxylic acids is 1. The lowest BCUT2D eigenvalue weighted by molar-refractivity contribution is -0.937. The zero-order chi connectivity index (χ0) is 28.9. The van der Waals surface area contributed by atoms with Crippen molar-refractivity contribution in [3.63, 3.8) is 0 Å². The minimum absolute atomic E-state index is 0. The van der Waals surface area contributed by atoms with Crippen molar-refractivity contribution in [3.05, 3.63) is 113 Å². The molecule has 2 aliphatic rings. The van der Waals surface area contributed by atoms with Crippen molar-refractivity contribution in [2.75, 3.05) is 20.7 Å². The third kappa shape index (κ3) is 7.64. The minimum Gasteiger partial charge on any atom is -1.00 e. The summed E-state index contributed by atoms with van der Waals surface area (Å²) in [4.78, 5) is 16.2. The number of carbonyl (C=O) groups is 1. The zero-order valence-electron chi connectivity index (χ0n) is 24.9. The number of nitrogens with zero attached hydrogens (tertiary/aromatic N) is 2. The maximum absolute atomic E-state index is 11.6. The van der Waals surface area contributed by atoms with E-state index in [-0.39, 0.29) is 17.0 Å². The van der Waals surface area contributed by atoms with Gasteiger partial charge in [0.1, 0.15) is 31.2 Å². The molecule has 6 nitrogen and oxygen atoms in total. The third-order valence-corrected chi connectivity index (χ3v) is 8.68. The summed E-state index contributed by atoms with van der Waals surface area (Å²) in [5.41, 5.74) is 6.24. The maximum Gasteiger partial charge on any atom is 0.219 e. The summed E-state index contributed by atoms with van der Waals surface area (Å²) < 4.78 is 18.8. The molecule has 1 aromatic heterocycles. The highest BCUT2D eigenvalue weighted by molar-refractivity contribution is 5.79. The van der Waals surface area contributed by atoms with E-state index in [0.717, 1.165) is 66.2 Å². The first-order valence-corrected chi connectivity index (χ1v) is 14.9. The van der Waals surface area contributed by atoms with E-state index in [0.29, 0.717) is 37.0 Å². The summed E-state index contributed by atoms with van der Waals surface area (Å²) in [6.45, 7) is 3.35. The second-order valence-electron chi connectivity index (χ2n) is 11.9. The number of quaternary nitrogens is 1. The number of aromatic nitrogens is 1. The van der Waals surface area contributed by atoms with Crippen molar-refractivity contribution >= 4 is 5.78 Å². The van der Waals surface area contributed by atoms with Crippen molar-refractivity contribution < 1.29 is 40.5 Å². The van der Waals surface area contributed by atoms with E-state index in [1.165, 1.54) is 22.3 Å². The Hall–Kier alpha value is -3.68. The van der Waals surface area contributed by atoms with Crippen molar-refractivity contribution in [3.8, 4) is 23.1 Å². The molecule has 3 aromatic carbocycles. The number of fused-ring (bicyclic) bond motifs is 1. The highest BCUT2D eigenvalue weighted by Gasteiger charge is 2.30. The molecule has 0 saturated heterocycles. The molecule has 224 valence electrons. The molecule has 0 spiro atoms. The Bertz CT molecular complexity index is 1520. The largest absolute Gasteiger partial charge is 1.00 e. The lowest BCUT2D eigenvalue weighted by Gasteiger charge is -2.39. The molecule has 2 heterocycles. The molecule has 7 heteroatoms. The van der Waals surface area contributed by atoms with E-state index in [9.17, 15) is 4.79 Å². The number of hydrogen-bond donors (Lipinski definition) is 0. The number of benzene rings is 3. The predicted octanol–water partition coefficient (Wildman–Crippen LogP) is 4.40. The van der Waals surface area contributed by atoms with Gasteiger partial charge in [-0.2, -0.15) is 0 Å². The Kier molecular flexibility index (Phi) is 9.83. The molecule has 0 radical (unpaired) electrons. The van der Waals surface area contributed by atoms with Crippen LogP contribution in [0.2, 0.25) is 0 Å². The topological polar surface area (TPSA) is 57.7 Å². The van der Waals surface area contributed by atoms with E-state index in [2.05, 4.69) is 54.5 Å². The third-order valence-electron chi connectivity index (χ3n) is 8.68. The fourth-order valence-corrected chi connectivity index (χ4v) is 6.25. The Labute approximate surface area is 265 Å². The molecule has 1 aliphatic heterocycles. The van der Waals surface area contributed by atoms with Gasteiger partial charge in [0.2, 0.25) is 5.88 Å². The van der Waals surface area contributed by atoms with Gasteiger partial charge in [-0.25, -0.2) is 4.98 Å². The second kappa shape index (κ2) is 13.7. The first-order chi connectivity index (χ1) is 20.5. The summed E-state index contributed by atoms with van der Waals surface area (Å²) in [6.07, 6.45) is 6.21. The van der Waals surface area contributed by atoms with Crippen molar-refractivity contribution in [1.82, 2.24) is 4.98 Å². The molecule has 6 rings (SSSR count). The standard InChI is InChI=1S/C36H39N2O4.BrH/c1-38(19-18-30-20-34(40-2)35(21-31(30)24-38)41-25-26-6-4-3-5-7-26)23-27-8-17-36(37-22-27)42-33-15-11-29(12-16-33)28-9-13-32(39)14-10-28;/h3-8,11-12,15-17,20-22,28H,9-10,13-14,18-19,23-25H2,1-2H3;1H/q+1;/p-1. The number of rotatable bonds is 9. The van der Waals surface area contributed by atoms with Crippen LogP contribution >= 0.6 is 0 Å². The first-order valence-electron chi connectivity index (χ1n) is 14.9. The average Bonchev–Trinajstić information content (AvgIpc) is 3.02. The highest BCUT2D eigenvalue weighted by atomic mass is 79.9. The van der Waals surface area contributed by atoms with Crippen LogP contribution < -0.4 is 31.2 Å². The number of ketones is 1. The SMILES string of the molecule is COc1cc2c(cc1OCc1ccccc1)C[N+](C)(Cc1ccc(Oc3ccc(C4CCC(=O)CC4)cc3)nc1)CC2.[Br-]. The first kappa shape index (κ1) is 30.8. The molecular weight excluding hydrogens is 604 g/mol. The molecule has 0 N–H and O–H groups in total. The lowest BCUT2D eigenvalue weighted by atomic mass is 9.83. The molecule has 0 amide bonds.